The molecule has 0 spiro atoms. The lowest BCUT2D eigenvalue weighted by Crippen LogP contribution is -2.53. The van der Waals surface area contributed by atoms with E-state index in [9.17, 15) is 0 Å². The summed E-state index contributed by atoms with van der Waals surface area (Å²) in [5.41, 5.74) is 4.54. The van der Waals surface area contributed by atoms with Gasteiger partial charge >= 0.3 is 0 Å². The summed E-state index contributed by atoms with van der Waals surface area (Å²) in [5, 5.41) is 3.49. The number of hydrogen-bond donors (Lipinski definition) is 1. The molecule has 2 heterocycles. The van der Waals surface area contributed by atoms with E-state index in [1.807, 2.05) is 0 Å². The zero-order valence-corrected chi connectivity index (χ0v) is 9.29. The molecule has 2 aliphatic heterocycles. The van der Waals surface area contributed by atoms with Crippen molar-refractivity contribution in [2.75, 3.05) is 24.5 Å². The maximum atomic E-state index is 3.49. The molecule has 0 bridgehead atoms. The van der Waals surface area contributed by atoms with Crippen molar-refractivity contribution >= 4 is 5.69 Å². The summed E-state index contributed by atoms with van der Waals surface area (Å²) in [6, 6.07) is 7.45. The van der Waals surface area contributed by atoms with Crippen LogP contribution < -0.4 is 10.2 Å². The zero-order valence-electron chi connectivity index (χ0n) is 9.29. The highest BCUT2D eigenvalue weighted by atomic mass is 15.2. The van der Waals surface area contributed by atoms with Crippen LogP contribution in [0.2, 0.25) is 0 Å². The van der Waals surface area contributed by atoms with Crippen LogP contribution in [0, 0.1) is 6.92 Å². The summed E-state index contributed by atoms with van der Waals surface area (Å²) in [6.45, 7) is 5.69. The van der Waals surface area contributed by atoms with Gasteiger partial charge in [0.05, 0.1) is 0 Å². The van der Waals surface area contributed by atoms with Crippen LogP contribution in [0.4, 0.5) is 5.69 Å². The topological polar surface area (TPSA) is 15.3 Å². The van der Waals surface area contributed by atoms with Gasteiger partial charge in [-0.05, 0) is 37.0 Å². The minimum absolute atomic E-state index is 0.730. The summed E-state index contributed by atoms with van der Waals surface area (Å²) in [5.74, 6) is 0. The minimum Gasteiger partial charge on any atom is -0.366 e. The smallest absolute Gasteiger partial charge is 0.0418 e. The summed E-state index contributed by atoms with van der Waals surface area (Å²) in [4.78, 5) is 2.60. The van der Waals surface area contributed by atoms with Gasteiger partial charge in [0.15, 0.2) is 0 Å². The van der Waals surface area contributed by atoms with E-state index in [1.165, 1.54) is 30.6 Å². The van der Waals surface area contributed by atoms with E-state index in [4.69, 9.17) is 0 Å². The standard InChI is InChI=1S/C13H18N2/c1-10-3-2-4-13-12(10)6-5-11-9-14-7-8-15(11)13/h2-4,11,14H,5-9H2,1H3. The van der Waals surface area contributed by atoms with Crippen molar-refractivity contribution in [2.24, 2.45) is 0 Å². The molecule has 1 N–H and O–H groups in total. The zero-order chi connectivity index (χ0) is 10.3. The largest absolute Gasteiger partial charge is 0.366 e. The molecule has 0 saturated carbocycles. The van der Waals surface area contributed by atoms with Crippen molar-refractivity contribution in [1.29, 1.82) is 0 Å². The maximum Gasteiger partial charge on any atom is 0.0418 e. The first-order valence-corrected chi connectivity index (χ1v) is 5.92. The molecule has 0 amide bonds. The molecule has 80 valence electrons. The number of benzene rings is 1. The number of hydrogen-bond acceptors (Lipinski definition) is 2. The average Bonchev–Trinajstić information content (AvgIpc) is 2.29. The van der Waals surface area contributed by atoms with Gasteiger partial charge in [-0.2, -0.15) is 0 Å². The number of nitrogens with zero attached hydrogens (tertiary/aromatic N) is 1. The predicted molar refractivity (Wildman–Crippen MR) is 63.5 cm³/mol. The Morgan fingerprint density at radius 1 is 1.40 bits per heavy atom. The molecule has 15 heavy (non-hydrogen) atoms. The number of anilines is 1. The van der Waals surface area contributed by atoms with E-state index in [0.29, 0.717) is 0 Å². The van der Waals surface area contributed by atoms with Crippen molar-refractivity contribution in [3.8, 4) is 0 Å². The highest BCUT2D eigenvalue weighted by molar-refractivity contribution is 5.59. The molecule has 1 fully saturated rings. The van der Waals surface area contributed by atoms with Crippen LogP contribution in [0.25, 0.3) is 0 Å². The van der Waals surface area contributed by atoms with Crippen molar-refractivity contribution in [3.05, 3.63) is 29.3 Å². The molecule has 1 aromatic rings. The monoisotopic (exact) mass is 202 g/mol. The molecule has 1 saturated heterocycles. The Kier molecular flexibility index (Phi) is 2.17. The van der Waals surface area contributed by atoms with E-state index in [0.717, 1.165) is 19.1 Å². The van der Waals surface area contributed by atoms with Crippen molar-refractivity contribution in [2.45, 2.75) is 25.8 Å². The quantitative estimate of drug-likeness (QED) is 0.689. The van der Waals surface area contributed by atoms with E-state index < -0.39 is 0 Å². The molecule has 2 heteroatoms. The van der Waals surface area contributed by atoms with Crippen LogP contribution in [-0.4, -0.2) is 25.7 Å². The fraction of sp³-hybridized carbons (Fsp3) is 0.538. The number of rotatable bonds is 0. The molecule has 1 unspecified atom stereocenters. The van der Waals surface area contributed by atoms with Gasteiger partial charge in [-0.25, -0.2) is 0 Å². The predicted octanol–water partition coefficient (Wildman–Crippen LogP) is 1.72. The number of fused-ring (bicyclic) bond motifs is 3. The molecule has 0 radical (unpaired) electrons. The van der Waals surface area contributed by atoms with E-state index >= 15 is 0 Å². The lowest BCUT2D eigenvalue weighted by Gasteiger charge is -2.42. The lowest BCUT2D eigenvalue weighted by molar-refractivity contribution is 0.439. The van der Waals surface area contributed by atoms with Crippen LogP contribution in [-0.2, 0) is 6.42 Å². The number of aryl methyl sites for hydroxylation is 1. The molecular weight excluding hydrogens is 184 g/mol. The van der Waals surface area contributed by atoms with Crippen LogP contribution in [0.1, 0.15) is 17.5 Å². The fourth-order valence-corrected chi connectivity index (χ4v) is 2.93. The Hall–Kier alpha value is -1.02. The maximum absolute atomic E-state index is 3.49. The summed E-state index contributed by atoms with van der Waals surface area (Å²) in [6.07, 6.45) is 2.57. The van der Waals surface area contributed by atoms with Crippen LogP contribution in [0.5, 0.6) is 0 Å². The molecule has 1 aromatic carbocycles. The minimum atomic E-state index is 0.730. The molecular formula is C13H18N2. The van der Waals surface area contributed by atoms with Crippen LogP contribution >= 0.6 is 0 Å². The van der Waals surface area contributed by atoms with E-state index in [1.54, 1.807) is 5.56 Å². The normalized spacial score (nSPS) is 24.6. The van der Waals surface area contributed by atoms with E-state index in [-0.39, 0.29) is 0 Å². The first-order valence-electron chi connectivity index (χ1n) is 5.92. The Bertz CT molecular complexity index is 373. The first kappa shape index (κ1) is 9.22. The number of piperazine rings is 1. The van der Waals surface area contributed by atoms with Gasteiger partial charge in [-0.3, -0.25) is 0 Å². The second kappa shape index (κ2) is 3.53. The summed E-state index contributed by atoms with van der Waals surface area (Å²) >= 11 is 0. The second-order valence-corrected chi connectivity index (χ2v) is 4.66. The van der Waals surface area contributed by atoms with Gasteiger partial charge in [-0.1, -0.05) is 12.1 Å². The van der Waals surface area contributed by atoms with Gasteiger partial charge in [0, 0.05) is 31.4 Å². The Balaban J connectivity index is 2.03. The highest BCUT2D eigenvalue weighted by Crippen LogP contribution is 2.32. The molecule has 0 aromatic heterocycles. The van der Waals surface area contributed by atoms with Gasteiger partial charge in [0.2, 0.25) is 0 Å². The summed E-state index contributed by atoms with van der Waals surface area (Å²) in [7, 11) is 0. The van der Waals surface area contributed by atoms with Gasteiger partial charge in [0.1, 0.15) is 0 Å². The second-order valence-electron chi connectivity index (χ2n) is 4.66. The fourth-order valence-electron chi connectivity index (χ4n) is 2.93. The van der Waals surface area contributed by atoms with Gasteiger partial charge in [-0.15, -0.1) is 0 Å². The Labute approximate surface area is 91.3 Å². The Morgan fingerprint density at radius 3 is 3.27 bits per heavy atom. The average molecular weight is 202 g/mol. The van der Waals surface area contributed by atoms with Crippen molar-refractivity contribution < 1.29 is 0 Å². The molecule has 2 nitrogen and oxygen atoms in total. The van der Waals surface area contributed by atoms with Crippen molar-refractivity contribution in [3.63, 3.8) is 0 Å². The lowest BCUT2D eigenvalue weighted by atomic mass is 9.91. The van der Waals surface area contributed by atoms with Gasteiger partial charge in [0.25, 0.3) is 0 Å². The SMILES string of the molecule is Cc1cccc2c1CCC1CNCCN21. The Morgan fingerprint density at radius 2 is 2.33 bits per heavy atom. The summed E-state index contributed by atoms with van der Waals surface area (Å²) < 4.78 is 0. The van der Waals surface area contributed by atoms with Crippen molar-refractivity contribution in [1.82, 2.24) is 5.32 Å². The van der Waals surface area contributed by atoms with Crippen LogP contribution in [0.15, 0.2) is 18.2 Å². The molecule has 2 aliphatic rings. The third-order valence-corrected chi connectivity index (χ3v) is 3.77. The van der Waals surface area contributed by atoms with Crippen LogP contribution in [0.3, 0.4) is 0 Å². The molecule has 1 atom stereocenters. The van der Waals surface area contributed by atoms with E-state index in [2.05, 4.69) is 35.3 Å². The first-order chi connectivity index (χ1) is 7.36. The third-order valence-electron chi connectivity index (χ3n) is 3.77. The molecule has 0 aliphatic carbocycles. The van der Waals surface area contributed by atoms with Gasteiger partial charge < -0.3 is 10.2 Å². The highest BCUT2D eigenvalue weighted by Gasteiger charge is 2.28. The number of nitrogens with one attached hydrogen (secondary N) is 1. The third kappa shape index (κ3) is 1.44. The molecule has 3 rings (SSSR count).